The van der Waals surface area contributed by atoms with Crippen molar-refractivity contribution in [2.75, 3.05) is 19.6 Å². The number of aliphatic carboxylic acids is 1. The normalized spacial score (nSPS) is 19.0. The number of fused-ring (bicyclic) bond motifs is 1. The minimum absolute atomic E-state index is 0.00994. The van der Waals surface area contributed by atoms with E-state index in [0.29, 0.717) is 16.8 Å². The maximum atomic E-state index is 13.0. The topological polar surface area (TPSA) is 159 Å². The molecule has 1 unspecified atom stereocenters. The number of allylic oxidation sites excluding steroid dienone is 2. The summed E-state index contributed by atoms with van der Waals surface area (Å²) in [5.41, 5.74) is 3.83. The monoisotopic (exact) mass is 737 g/mol. The molecule has 3 aromatic carbocycles. The molecule has 1 heterocycles. The molecule has 12 heteroatoms. The smallest absolute Gasteiger partial charge is 0.323 e. The highest BCUT2D eigenvalue weighted by Gasteiger charge is 2.28. The molecule has 4 aromatic rings. The van der Waals surface area contributed by atoms with Crippen LogP contribution in [0.2, 0.25) is 0 Å². The van der Waals surface area contributed by atoms with Gasteiger partial charge >= 0.3 is 5.97 Å². The number of nitrogens with zero attached hydrogens (tertiary/aromatic N) is 3. The highest BCUT2D eigenvalue weighted by molar-refractivity contribution is 7.89. The Bertz CT molecular complexity index is 2050. The van der Waals surface area contributed by atoms with Crippen LogP contribution in [0.5, 0.6) is 0 Å². The van der Waals surface area contributed by atoms with E-state index in [-0.39, 0.29) is 11.4 Å². The zero-order valence-corrected chi connectivity index (χ0v) is 30.9. The lowest BCUT2D eigenvalue weighted by Gasteiger charge is -2.35. The van der Waals surface area contributed by atoms with Crippen molar-refractivity contribution in [3.8, 4) is 11.4 Å². The minimum Gasteiger partial charge on any atom is -0.480 e. The molecule has 0 saturated heterocycles. The molecule has 0 aliphatic heterocycles. The van der Waals surface area contributed by atoms with Crippen molar-refractivity contribution in [1.29, 1.82) is 0 Å². The van der Waals surface area contributed by atoms with Gasteiger partial charge in [0.15, 0.2) is 5.82 Å². The molecular weight excluding hydrogens is 691 g/mol. The molecule has 1 aromatic heterocycles. The molecule has 6 rings (SSSR count). The van der Waals surface area contributed by atoms with Crippen LogP contribution in [0, 0.1) is 17.8 Å². The van der Waals surface area contributed by atoms with Gasteiger partial charge < -0.3 is 15.3 Å². The molecule has 2 aliphatic rings. The van der Waals surface area contributed by atoms with Gasteiger partial charge in [-0.25, -0.2) is 23.1 Å². The highest BCUT2D eigenvalue weighted by atomic mass is 32.2. The third kappa shape index (κ3) is 9.74. The summed E-state index contributed by atoms with van der Waals surface area (Å²) < 4.78 is 28.2. The predicted molar refractivity (Wildman–Crippen MR) is 204 cm³/mol. The zero-order valence-electron chi connectivity index (χ0n) is 30.0. The van der Waals surface area contributed by atoms with E-state index in [1.165, 1.54) is 50.2 Å². The summed E-state index contributed by atoms with van der Waals surface area (Å²) >= 11 is 0. The molecule has 2 amide bonds. The van der Waals surface area contributed by atoms with E-state index >= 15 is 0 Å². The predicted octanol–water partition coefficient (Wildman–Crippen LogP) is 6.20. The van der Waals surface area contributed by atoms with Gasteiger partial charge in [-0.15, -0.1) is 0 Å². The van der Waals surface area contributed by atoms with Gasteiger partial charge in [-0.1, -0.05) is 92.9 Å². The summed E-state index contributed by atoms with van der Waals surface area (Å²) in [6.07, 6.45) is 16.4. The number of carboxylic acid groups (broad SMARTS) is 1. The van der Waals surface area contributed by atoms with Gasteiger partial charge in [0, 0.05) is 35.5 Å². The molecule has 1 saturated carbocycles. The first-order chi connectivity index (χ1) is 25.6. The number of carbonyl (C=O) groups excluding carboxylic acids is 2. The Morgan fingerprint density at radius 1 is 0.849 bits per heavy atom. The van der Waals surface area contributed by atoms with Crippen LogP contribution in [0.25, 0.3) is 27.7 Å². The van der Waals surface area contributed by atoms with Crippen LogP contribution < -0.4 is 10.0 Å². The number of nitrogens with one attached hydrogen (secondary N) is 2. The van der Waals surface area contributed by atoms with Gasteiger partial charge in [-0.2, -0.15) is 0 Å². The van der Waals surface area contributed by atoms with Crippen molar-refractivity contribution in [3.05, 3.63) is 96.3 Å². The number of amides is 2. The third-order valence-electron chi connectivity index (χ3n) is 10.8. The van der Waals surface area contributed by atoms with Crippen molar-refractivity contribution in [2.45, 2.75) is 69.7 Å². The maximum absolute atomic E-state index is 13.0. The van der Waals surface area contributed by atoms with Gasteiger partial charge in [0.05, 0.1) is 18.0 Å². The van der Waals surface area contributed by atoms with Crippen molar-refractivity contribution in [3.63, 3.8) is 0 Å². The van der Waals surface area contributed by atoms with E-state index < -0.39 is 47.4 Å². The molecule has 3 N–H and O–H groups in total. The minimum atomic E-state index is -4.03. The van der Waals surface area contributed by atoms with Crippen LogP contribution in [0.1, 0.15) is 69.4 Å². The molecule has 0 spiro atoms. The first kappa shape index (κ1) is 37.8. The van der Waals surface area contributed by atoms with Crippen molar-refractivity contribution in [2.24, 2.45) is 17.8 Å². The second kappa shape index (κ2) is 17.3. The van der Waals surface area contributed by atoms with Crippen LogP contribution >= 0.6 is 0 Å². The number of aromatic nitrogens is 2. The Balaban J connectivity index is 0.997. The summed E-state index contributed by atoms with van der Waals surface area (Å²) in [6, 6.07) is 19.1. The molecule has 278 valence electrons. The van der Waals surface area contributed by atoms with Gasteiger partial charge in [0.2, 0.25) is 21.8 Å². The molecular formula is C41H47N5O6S. The number of benzene rings is 3. The fourth-order valence-electron chi connectivity index (χ4n) is 7.65. The Hall–Kier alpha value is -4.94. The number of hydrogen-bond donors (Lipinski definition) is 3. The maximum Gasteiger partial charge on any atom is 0.323 e. The second-order valence-corrected chi connectivity index (χ2v) is 15.9. The zero-order chi connectivity index (χ0) is 37.4. The lowest BCUT2D eigenvalue weighted by molar-refractivity contribution is -0.144. The number of carboxylic acids is 1. The van der Waals surface area contributed by atoms with Crippen LogP contribution in [0.15, 0.2) is 90.1 Å². The van der Waals surface area contributed by atoms with E-state index in [1.54, 1.807) is 48.5 Å². The Labute approximate surface area is 311 Å². The van der Waals surface area contributed by atoms with Gasteiger partial charge in [-0.3, -0.25) is 14.4 Å². The molecule has 53 heavy (non-hydrogen) atoms. The van der Waals surface area contributed by atoms with E-state index in [2.05, 4.69) is 33.0 Å². The average molecular weight is 738 g/mol. The van der Waals surface area contributed by atoms with E-state index in [0.717, 1.165) is 52.0 Å². The second-order valence-electron chi connectivity index (χ2n) is 14.2. The standard InChI is InChI=1S/C41H47N5O6S/c1-2-28-10-14-30(15-11-28)31-18-20-32(21-19-31)35-22-43-41(44-23-35)34-16-12-29(13-17-34)26-46(27-40(49)50)39(48)25-42-38(47)24-45-53(51,52)37-9-5-7-33-6-3-4-8-36(33)37/h3-9,12-13,16-17,20,22-23,28,30-31,45H,2,10-11,14-15,18-19,21,24-27H2,1H3,(H,42,47)(H,49,50)/t28-,30-,31?. The van der Waals surface area contributed by atoms with Crippen molar-refractivity contribution in [1.82, 2.24) is 24.9 Å². The van der Waals surface area contributed by atoms with E-state index in [9.17, 15) is 27.9 Å². The van der Waals surface area contributed by atoms with E-state index in [4.69, 9.17) is 0 Å². The summed E-state index contributed by atoms with van der Waals surface area (Å²) in [5, 5.41) is 13.1. The van der Waals surface area contributed by atoms with E-state index in [1.807, 2.05) is 24.5 Å². The Kier molecular flexibility index (Phi) is 12.3. The van der Waals surface area contributed by atoms with Crippen molar-refractivity contribution >= 4 is 44.2 Å². The summed E-state index contributed by atoms with van der Waals surface area (Å²) in [7, 11) is -4.03. The number of hydrogen-bond acceptors (Lipinski definition) is 7. The summed E-state index contributed by atoms with van der Waals surface area (Å²) in [5.74, 6) is 0.555. The summed E-state index contributed by atoms with van der Waals surface area (Å²) in [4.78, 5) is 47.5. The Morgan fingerprint density at radius 3 is 2.25 bits per heavy atom. The third-order valence-corrected chi connectivity index (χ3v) is 12.2. The Morgan fingerprint density at radius 2 is 1.57 bits per heavy atom. The molecule has 0 bridgehead atoms. The SMILES string of the molecule is CC[C@H]1CC[C@H](C2CC=C(c3cnc(-c4ccc(CN(CC(=O)O)C(=O)CNC(=O)CNS(=O)(=O)c5cccc6ccccc56)cc4)nc3)CC2)CC1. The number of rotatable bonds is 14. The quantitative estimate of drug-likeness (QED) is 0.138. The summed E-state index contributed by atoms with van der Waals surface area (Å²) in [6.45, 7) is 0.626. The number of carbonyl (C=O) groups is 3. The fraction of sp³-hybridized carbons (Fsp3) is 0.390. The van der Waals surface area contributed by atoms with Crippen LogP contribution in [-0.2, 0) is 31.0 Å². The highest BCUT2D eigenvalue weighted by Crippen LogP contribution is 2.41. The molecule has 2 aliphatic carbocycles. The largest absolute Gasteiger partial charge is 0.480 e. The lowest BCUT2D eigenvalue weighted by atomic mass is 9.71. The first-order valence-electron chi connectivity index (χ1n) is 18.4. The van der Waals surface area contributed by atoms with Gasteiger partial charge in [0.1, 0.15) is 6.54 Å². The van der Waals surface area contributed by atoms with Gasteiger partial charge in [0.25, 0.3) is 0 Å². The molecule has 0 radical (unpaired) electrons. The first-order valence-corrected chi connectivity index (χ1v) is 19.9. The van der Waals surface area contributed by atoms with Crippen molar-refractivity contribution < 1.29 is 27.9 Å². The molecule has 1 fully saturated rings. The van der Waals surface area contributed by atoms with Gasteiger partial charge in [-0.05, 0) is 72.4 Å². The fourth-order valence-corrected chi connectivity index (χ4v) is 8.86. The average Bonchev–Trinajstić information content (AvgIpc) is 3.19. The number of sulfonamides is 1. The van der Waals surface area contributed by atoms with Crippen LogP contribution in [0.4, 0.5) is 0 Å². The molecule has 11 nitrogen and oxygen atoms in total. The lowest BCUT2D eigenvalue weighted by Crippen LogP contribution is -2.44. The van der Waals surface area contributed by atoms with Crippen LogP contribution in [0.3, 0.4) is 0 Å². The van der Waals surface area contributed by atoms with Crippen LogP contribution in [-0.4, -0.2) is 65.8 Å². The molecule has 1 atom stereocenters.